The first-order chi connectivity index (χ1) is 4.76. The van der Waals surface area contributed by atoms with Crippen LogP contribution in [0.2, 0.25) is 0 Å². The van der Waals surface area contributed by atoms with E-state index in [1.54, 1.807) is 0 Å². The molecule has 1 unspecified atom stereocenters. The molecule has 1 atom stereocenters. The Balaban J connectivity index is 3.68. The Bertz CT molecular complexity index is 104. The third-order valence-electron chi connectivity index (χ3n) is 1.58. The van der Waals surface area contributed by atoms with Crippen molar-refractivity contribution in [3.05, 3.63) is 0 Å². The number of carbonyl (C=O) groups excluding carboxylic acids is 1. The molecular weight excluding hydrogens is 130 g/mol. The first kappa shape index (κ1) is 9.43. The van der Waals surface area contributed by atoms with Crippen molar-refractivity contribution in [1.29, 1.82) is 0 Å². The summed E-state index contributed by atoms with van der Waals surface area (Å²) < 4.78 is 0. The normalized spacial score (nSPS) is 12.7. The number of carbonyl (C=O) groups is 1. The quantitative estimate of drug-likeness (QED) is 0.605. The summed E-state index contributed by atoms with van der Waals surface area (Å²) in [7, 11) is 0. The Hall–Kier alpha value is -0.570. The molecule has 0 aromatic rings. The van der Waals surface area contributed by atoms with E-state index in [4.69, 9.17) is 5.90 Å². The van der Waals surface area contributed by atoms with Crippen LogP contribution in [0.15, 0.2) is 0 Å². The van der Waals surface area contributed by atoms with Crippen molar-refractivity contribution in [2.24, 2.45) is 11.8 Å². The van der Waals surface area contributed by atoms with Crippen molar-refractivity contribution in [3.63, 3.8) is 0 Å². The lowest BCUT2D eigenvalue weighted by Crippen LogP contribution is -2.19. The van der Waals surface area contributed by atoms with Gasteiger partial charge in [0.05, 0.1) is 5.92 Å². The predicted octanol–water partition coefficient (Wildman–Crippen LogP) is 1.23. The fraction of sp³-hybridized carbons (Fsp3) is 0.857. The summed E-state index contributed by atoms with van der Waals surface area (Å²) in [5, 5.41) is 0. The highest BCUT2D eigenvalue weighted by molar-refractivity contribution is 5.71. The number of hydrogen-bond acceptors (Lipinski definition) is 3. The van der Waals surface area contributed by atoms with E-state index in [0.29, 0.717) is 0 Å². The second kappa shape index (κ2) is 5.23. The summed E-state index contributed by atoms with van der Waals surface area (Å²) in [5.74, 6) is 4.44. The van der Waals surface area contributed by atoms with Crippen molar-refractivity contribution in [2.45, 2.75) is 33.1 Å². The van der Waals surface area contributed by atoms with Crippen LogP contribution in [0, 0.1) is 5.92 Å². The second-order valence-electron chi connectivity index (χ2n) is 2.33. The first-order valence-electron chi connectivity index (χ1n) is 3.66. The largest absolute Gasteiger partial charge is 0.373 e. The predicted molar refractivity (Wildman–Crippen MR) is 39.0 cm³/mol. The minimum absolute atomic E-state index is 0.00463. The van der Waals surface area contributed by atoms with Crippen molar-refractivity contribution < 1.29 is 9.63 Å². The molecule has 0 amide bonds. The van der Waals surface area contributed by atoms with Crippen molar-refractivity contribution in [3.8, 4) is 0 Å². The van der Waals surface area contributed by atoms with E-state index >= 15 is 0 Å². The maximum Gasteiger partial charge on any atom is 0.327 e. The molecule has 3 nitrogen and oxygen atoms in total. The Morgan fingerprint density at radius 2 is 2.20 bits per heavy atom. The molecule has 0 aromatic carbocycles. The van der Waals surface area contributed by atoms with E-state index in [9.17, 15) is 4.79 Å². The molecule has 60 valence electrons. The molecule has 0 aliphatic heterocycles. The van der Waals surface area contributed by atoms with Gasteiger partial charge in [-0.3, -0.25) is 4.79 Å². The molecule has 0 radical (unpaired) electrons. The van der Waals surface area contributed by atoms with Crippen LogP contribution in [0.3, 0.4) is 0 Å². The van der Waals surface area contributed by atoms with Crippen LogP contribution in [0.4, 0.5) is 0 Å². The SMILES string of the molecule is CCCC(CC)C(=O)ON. The maximum absolute atomic E-state index is 10.8. The van der Waals surface area contributed by atoms with Crippen LogP contribution in [-0.4, -0.2) is 5.97 Å². The molecule has 0 bridgehead atoms. The van der Waals surface area contributed by atoms with E-state index in [0.717, 1.165) is 19.3 Å². The third-order valence-corrected chi connectivity index (χ3v) is 1.58. The Kier molecular flexibility index (Phi) is 4.94. The van der Waals surface area contributed by atoms with Gasteiger partial charge in [-0.15, -0.1) is 0 Å². The van der Waals surface area contributed by atoms with Gasteiger partial charge in [0.1, 0.15) is 0 Å². The summed E-state index contributed by atoms with van der Waals surface area (Å²) >= 11 is 0. The molecule has 0 aromatic heterocycles. The zero-order chi connectivity index (χ0) is 7.98. The van der Waals surface area contributed by atoms with E-state index in [1.807, 2.05) is 13.8 Å². The third kappa shape index (κ3) is 2.82. The Morgan fingerprint density at radius 1 is 1.60 bits per heavy atom. The van der Waals surface area contributed by atoms with Gasteiger partial charge in [0.15, 0.2) is 0 Å². The molecule has 2 N–H and O–H groups in total. The van der Waals surface area contributed by atoms with Crippen LogP contribution in [0.5, 0.6) is 0 Å². The minimum Gasteiger partial charge on any atom is -0.373 e. The van der Waals surface area contributed by atoms with Crippen LogP contribution >= 0.6 is 0 Å². The first-order valence-corrected chi connectivity index (χ1v) is 3.66. The van der Waals surface area contributed by atoms with E-state index in [1.165, 1.54) is 0 Å². The average molecular weight is 145 g/mol. The van der Waals surface area contributed by atoms with Gasteiger partial charge in [0.2, 0.25) is 0 Å². The topological polar surface area (TPSA) is 52.3 Å². The molecule has 3 heteroatoms. The highest BCUT2D eigenvalue weighted by Crippen LogP contribution is 2.11. The van der Waals surface area contributed by atoms with Crippen molar-refractivity contribution >= 4 is 5.97 Å². The van der Waals surface area contributed by atoms with Gasteiger partial charge >= 0.3 is 5.97 Å². The fourth-order valence-corrected chi connectivity index (χ4v) is 0.933. The monoisotopic (exact) mass is 145 g/mol. The molecule has 10 heavy (non-hydrogen) atoms. The van der Waals surface area contributed by atoms with Gasteiger partial charge in [-0.1, -0.05) is 20.3 Å². The highest BCUT2D eigenvalue weighted by atomic mass is 16.7. The zero-order valence-electron chi connectivity index (χ0n) is 6.59. The summed E-state index contributed by atoms with van der Waals surface area (Å²) in [6.45, 7) is 3.99. The van der Waals surface area contributed by atoms with Crippen LogP contribution < -0.4 is 5.90 Å². The molecule has 0 rings (SSSR count). The number of rotatable bonds is 4. The standard InChI is InChI=1S/C7H15NO2/c1-3-5-6(4-2)7(9)10-8/h6H,3-5,8H2,1-2H3. The molecule has 0 spiro atoms. The summed E-state index contributed by atoms with van der Waals surface area (Å²) in [4.78, 5) is 14.9. The Morgan fingerprint density at radius 3 is 2.50 bits per heavy atom. The molecule has 0 saturated heterocycles. The lowest BCUT2D eigenvalue weighted by Gasteiger charge is -2.08. The van der Waals surface area contributed by atoms with Gasteiger partial charge in [0.25, 0.3) is 0 Å². The minimum atomic E-state index is -0.288. The molecule has 0 heterocycles. The fourth-order valence-electron chi connectivity index (χ4n) is 0.933. The average Bonchev–Trinajstić information content (AvgIpc) is 1.99. The van der Waals surface area contributed by atoms with Gasteiger partial charge < -0.3 is 4.84 Å². The van der Waals surface area contributed by atoms with Gasteiger partial charge in [-0.05, 0) is 12.8 Å². The zero-order valence-corrected chi connectivity index (χ0v) is 6.59. The molecule has 0 saturated carbocycles. The smallest absolute Gasteiger partial charge is 0.327 e. The summed E-state index contributed by atoms with van der Waals surface area (Å²) in [6.07, 6.45) is 2.67. The van der Waals surface area contributed by atoms with E-state index in [-0.39, 0.29) is 11.9 Å². The second-order valence-corrected chi connectivity index (χ2v) is 2.33. The van der Waals surface area contributed by atoms with E-state index in [2.05, 4.69) is 4.84 Å². The number of hydrogen-bond donors (Lipinski definition) is 1. The van der Waals surface area contributed by atoms with Crippen LogP contribution in [0.25, 0.3) is 0 Å². The lowest BCUT2D eigenvalue weighted by atomic mass is 10.0. The Labute approximate surface area is 61.5 Å². The van der Waals surface area contributed by atoms with Crippen LogP contribution in [-0.2, 0) is 9.63 Å². The lowest BCUT2D eigenvalue weighted by molar-refractivity contribution is -0.149. The molecular formula is C7H15NO2. The maximum atomic E-state index is 10.8. The van der Waals surface area contributed by atoms with Crippen molar-refractivity contribution in [2.75, 3.05) is 0 Å². The molecule has 0 aliphatic rings. The van der Waals surface area contributed by atoms with Crippen molar-refractivity contribution in [1.82, 2.24) is 0 Å². The molecule has 0 aliphatic carbocycles. The summed E-state index contributed by atoms with van der Waals surface area (Å²) in [5.41, 5.74) is 0. The molecule has 0 fully saturated rings. The van der Waals surface area contributed by atoms with Gasteiger partial charge in [-0.2, -0.15) is 5.90 Å². The van der Waals surface area contributed by atoms with E-state index < -0.39 is 0 Å². The summed E-state index contributed by atoms with van der Waals surface area (Å²) in [6, 6.07) is 0. The van der Waals surface area contributed by atoms with Crippen LogP contribution in [0.1, 0.15) is 33.1 Å². The van der Waals surface area contributed by atoms with Gasteiger partial charge in [0, 0.05) is 0 Å². The highest BCUT2D eigenvalue weighted by Gasteiger charge is 2.15. The number of nitrogens with two attached hydrogens (primary N) is 1. The van der Waals surface area contributed by atoms with Gasteiger partial charge in [-0.25, -0.2) is 0 Å².